The quantitative estimate of drug-likeness (QED) is 0.600. The summed E-state index contributed by atoms with van der Waals surface area (Å²) in [7, 11) is 0. The minimum absolute atomic E-state index is 0.149. The largest absolute Gasteiger partial charge is 0.311 e. The average molecular weight is 420 g/mol. The second kappa shape index (κ2) is 8.47. The Morgan fingerprint density at radius 2 is 1.73 bits per heavy atom. The molecule has 0 spiro atoms. The molecule has 0 radical (unpaired) electrons. The molecule has 150 valence electrons. The Kier molecular flexibility index (Phi) is 5.59. The number of aromatic nitrogens is 1. The van der Waals surface area contributed by atoms with E-state index in [1.807, 2.05) is 36.4 Å². The van der Waals surface area contributed by atoms with Crippen LogP contribution in [-0.4, -0.2) is 34.2 Å². The highest BCUT2D eigenvalue weighted by molar-refractivity contribution is 6.37. The maximum Gasteiger partial charge on any atom is 0.263 e. The van der Waals surface area contributed by atoms with Gasteiger partial charge in [0.15, 0.2) is 0 Å². The number of imide groups is 1. The van der Waals surface area contributed by atoms with Gasteiger partial charge < -0.3 is 5.32 Å². The van der Waals surface area contributed by atoms with Gasteiger partial charge in [0.1, 0.15) is 5.82 Å². The predicted octanol–water partition coefficient (Wildman–Crippen LogP) is 4.42. The number of pyridine rings is 1. The molecule has 0 bridgehead atoms. The fraction of sp³-hybridized carbons (Fsp3) is 0.130. The number of anilines is 1. The molecule has 1 aliphatic rings. The van der Waals surface area contributed by atoms with E-state index < -0.39 is 5.91 Å². The fourth-order valence-corrected chi connectivity index (χ4v) is 3.62. The summed E-state index contributed by atoms with van der Waals surface area (Å²) in [5.41, 5.74) is 2.54. The van der Waals surface area contributed by atoms with Crippen LogP contribution in [-0.2, 0) is 4.79 Å². The molecule has 0 aliphatic carbocycles. The first kappa shape index (κ1) is 19.8. The van der Waals surface area contributed by atoms with Crippen molar-refractivity contribution >= 4 is 35.1 Å². The van der Waals surface area contributed by atoms with Crippen LogP contribution in [0, 0.1) is 0 Å². The topological polar surface area (TPSA) is 79.4 Å². The predicted molar refractivity (Wildman–Crippen MR) is 114 cm³/mol. The summed E-state index contributed by atoms with van der Waals surface area (Å²) in [5, 5.41) is 3.00. The maximum absolute atomic E-state index is 12.5. The van der Waals surface area contributed by atoms with Gasteiger partial charge in [-0.15, -0.1) is 0 Å². The van der Waals surface area contributed by atoms with Crippen molar-refractivity contribution in [2.75, 3.05) is 11.9 Å². The molecule has 0 atom stereocenters. The molecule has 2 aromatic carbocycles. The molecule has 1 aromatic heterocycles. The molecule has 30 heavy (non-hydrogen) atoms. The summed E-state index contributed by atoms with van der Waals surface area (Å²) in [4.78, 5) is 42.5. The summed E-state index contributed by atoms with van der Waals surface area (Å²) < 4.78 is 0. The van der Waals surface area contributed by atoms with Gasteiger partial charge in [-0.1, -0.05) is 48.0 Å². The van der Waals surface area contributed by atoms with Gasteiger partial charge in [-0.25, -0.2) is 4.98 Å². The standard InChI is InChI=1S/C23H18ClN3O3/c24-18-9-4-8-17-21(18)23(30)27(22(17)29)13-5-10-20(28)26-19-12-11-16(14-25-19)15-6-2-1-3-7-15/h1-4,6-9,11-12,14H,5,10,13H2,(H,25,26,28). The molecule has 3 amide bonds. The number of hydrogen-bond donors (Lipinski definition) is 1. The van der Waals surface area contributed by atoms with Crippen LogP contribution in [0.2, 0.25) is 5.02 Å². The third kappa shape index (κ3) is 3.95. The van der Waals surface area contributed by atoms with Crippen LogP contribution in [0.5, 0.6) is 0 Å². The van der Waals surface area contributed by atoms with Gasteiger partial charge in [0.25, 0.3) is 11.8 Å². The van der Waals surface area contributed by atoms with E-state index in [0.717, 1.165) is 16.0 Å². The Morgan fingerprint density at radius 3 is 2.43 bits per heavy atom. The first-order valence-corrected chi connectivity index (χ1v) is 9.88. The van der Waals surface area contributed by atoms with Crippen LogP contribution in [0.15, 0.2) is 66.9 Å². The van der Waals surface area contributed by atoms with Gasteiger partial charge in [-0.3, -0.25) is 19.3 Å². The van der Waals surface area contributed by atoms with E-state index in [1.165, 1.54) is 0 Å². The van der Waals surface area contributed by atoms with E-state index in [1.54, 1.807) is 30.5 Å². The monoisotopic (exact) mass is 419 g/mol. The summed E-state index contributed by atoms with van der Waals surface area (Å²) in [6.45, 7) is 0.149. The number of carbonyl (C=O) groups is 3. The van der Waals surface area contributed by atoms with Crippen molar-refractivity contribution < 1.29 is 14.4 Å². The van der Waals surface area contributed by atoms with Crippen molar-refractivity contribution in [3.8, 4) is 11.1 Å². The lowest BCUT2D eigenvalue weighted by molar-refractivity contribution is -0.116. The van der Waals surface area contributed by atoms with E-state index >= 15 is 0 Å². The molecule has 4 rings (SSSR count). The lowest BCUT2D eigenvalue weighted by Crippen LogP contribution is -2.31. The van der Waals surface area contributed by atoms with Crippen molar-refractivity contribution in [1.82, 2.24) is 9.88 Å². The van der Waals surface area contributed by atoms with Crippen LogP contribution in [0.25, 0.3) is 11.1 Å². The summed E-state index contributed by atoms with van der Waals surface area (Å²) >= 11 is 6.05. The van der Waals surface area contributed by atoms with E-state index in [9.17, 15) is 14.4 Å². The Morgan fingerprint density at radius 1 is 0.933 bits per heavy atom. The van der Waals surface area contributed by atoms with Crippen LogP contribution in [0.4, 0.5) is 5.82 Å². The first-order valence-electron chi connectivity index (χ1n) is 9.50. The Hall–Kier alpha value is -3.51. The molecule has 3 aromatic rings. The van der Waals surface area contributed by atoms with Gasteiger partial charge >= 0.3 is 0 Å². The summed E-state index contributed by atoms with van der Waals surface area (Å²) in [6, 6.07) is 18.3. The number of rotatable bonds is 6. The molecule has 0 saturated carbocycles. The van der Waals surface area contributed by atoms with Gasteiger partial charge in [0, 0.05) is 24.7 Å². The molecule has 1 aliphatic heterocycles. The zero-order valence-corrected chi connectivity index (χ0v) is 16.7. The molecule has 1 N–H and O–H groups in total. The van der Waals surface area contributed by atoms with Gasteiger partial charge in [-0.05, 0) is 36.2 Å². The number of amides is 3. The van der Waals surface area contributed by atoms with E-state index in [0.29, 0.717) is 17.8 Å². The number of carbonyl (C=O) groups excluding carboxylic acids is 3. The van der Waals surface area contributed by atoms with Crippen LogP contribution >= 0.6 is 11.6 Å². The molecular weight excluding hydrogens is 402 g/mol. The van der Waals surface area contributed by atoms with Crippen molar-refractivity contribution in [2.45, 2.75) is 12.8 Å². The maximum atomic E-state index is 12.5. The minimum atomic E-state index is -0.417. The zero-order valence-electron chi connectivity index (χ0n) is 16.0. The van der Waals surface area contributed by atoms with Crippen molar-refractivity contribution in [3.05, 3.63) is 83.0 Å². The zero-order chi connectivity index (χ0) is 21.1. The molecule has 2 heterocycles. The highest BCUT2D eigenvalue weighted by Crippen LogP contribution is 2.29. The van der Waals surface area contributed by atoms with E-state index in [-0.39, 0.29) is 35.4 Å². The van der Waals surface area contributed by atoms with Crippen molar-refractivity contribution in [2.24, 2.45) is 0 Å². The van der Waals surface area contributed by atoms with Crippen molar-refractivity contribution in [3.63, 3.8) is 0 Å². The third-order valence-electron chi connectivity index (χ3n) is 4.87. The molecule has 0 saturated heterocycles. The highest BCUT2D eigenvalue weighted by Gasteiger charge is 2.36. The number of halogens is 1. The lowest BCUT2D eigenvalue weighted by Gasteiger charge is -2.13. The molecule has 6 nitrogen and oxygen atoms in total. The van der Waals surface area contributed by atoms with Crippen LogP contribution < -0.4 is 5.32 Å². The normalized spacial score (nSPS) is 12.8. The van der Waals surface area contributed by atoms with Gasteiger partial charge in [-0.2, -0.15) is 0 Å². The summed E-state index contributed by atoms with van der Waals surface area (Å²) in [6.07, 6.45) is 2.20. The smallest absolute Gasteiger partial charge is 0.263 e. The minimum Gasteiger partial charge on any atom is -0.311 e. The number of nitrogens with zero attached hydrogens (tertiary/aromatic N) is 2. The molecule has 7 heteroatoms. The lowest BCUT2D eigenvalue weighted by atomic mass is 10.1. The number of hydrogen-bond acceptors (Lipinski definition) is 4. The second-order valence-electron chi connectivity index (χ2n) is 6.87. The second-order valence-corrected chi connectivity index (χ2v) is 7.28. The van der Waals surface area contributed by atoms with Gasteiger partial charge in [0.2, 0.25) is 5.91 Å². The molecular formula is C23H18ClN3O3. The van der Waals surface area contributed by atoms with Crippen molar-refractivity contribution in [1.29, 1.82) is 0 Å². The number of benzene rings is 2. The van der Waals surface area contributed by atoms with E-state index in [2.05, 4.69) is 10.3 Å². The third-order valence-corrected chi connectivity index (χ3v) is 5.19. The average Bonchev–Trinajstić information content (AvgIpc) is 3.01. The highest BCUT2D eigenvalue weighted by atomic mass is 35.5. The number of nitrogens with one attached hydrogen (secondary N) is 1. The fourth-order valence-electron chi connectivity index (χ4n) is 3.37. The van der Waals surface area contributed by atoms with Crippen LogP contribution in [0.3, 0.4) is 0 Å². The summed E-state index contributed by atoms with van der Waals surface area (Å²) in [5.74, 6) is -0.577. The van der Waals surface area contributed by atoms with E-state index in [4.69, 9.17) is 11.6 Å². The Balaban J connectivity index is 1.30. The van der Waals surface area contributed by atoms with Crippen LogP contribution in [0.1, 0.15) is 33.6 Å². The Labute approximate surface area is 178 Å². The SMILES string of the molecule is O=C(CCCN1C(=O)c2cccc(Cl)c2C1=O)Nc1ccc(-c2ccccc2)cn1. The van der Waals surface area contributed by atoms with Gasteiger partial charge in [0.05, 0.1) is 16.1 Å². The Bertz CT molecular complexity index is 1110. The number of fused-ring (bicyclic) bond motifs is 1. The molecule has 0 unspecified atom stereocenters. The first-order chi connectivity index (χ1) is 14.5. The molecule has 0 fully saturated rings.